The van der Waals surface area contributed by atoms with Crippen molar-refractivity contribution in [3.63, 3.8) is 0 Å². The van der Waals surface area contributed by atoms with Crippen molar-refractivity contribution in [1.82, 2.24) is 4.90 Å². The van der Waals surface area contributed by atoms with E-state index in [2.05, 4.69) is 47.8 Å². The molecule has 8 nitrogen and oxygen atoms in total. The summed E-state index contributed by atoms with van der Waals surface area (Å²) in [6, 6.07) is 12.5. The van der Waals surface area contributed by atoms with Gasteiger partial charge in [0, 0.05) is 19.7 Å². The van der Waals surface area contributed by atoms with Crippen molar-refractivity contribution in [1.29, 1.82) is 0 Å². The van der Waals surface area contributed by atoms with Crippen LogP contribution in [0.1, 0.15) is 33.6 Å². The number of imide groups is 1. The normalized spacial score (nSPS) is 23.2. The summed E-state index contributed by atoms with van der Waals surface area (Å²) in [6.07, 6.45) is 1.01. The minimum atomic E-state index is -0.838. The van der Waals surface area contributed by atoms with Gasteiger partial charge >= 0.3 is 11.9 Å². The van der Waals surface area contributed by atoms with Gasteiger partial charge in [-0.3, -0.25) is 24.1 Å². The average molecular weight is 686 g/mol. The van der Waals surface area contributed by atoms with Gasteiger partial charge in [-0.1, -0.05) is 47.8 Å². The van der Waals surface area contributed by atoms with Crippen LogP contribution in [-0.2, 0) is 19.1 Å². The Kier molecular flexibility index (Phi) is 8.41. The number of likely N-dealkylation sites (tertiary alicyclic amines) is 1. The zero-order valence-corrected chi connectivity index (χ0v) is 23.5. The number of alkyl halides is 2. The molecule has 1 aliphatic carbocycles. The second-order valence-electron chi connectivity index (χ2n) is 8.48. The zero-order valence-electron chi connectivity index (χ0n) is 18.7. The van der Waals surface area contributed by atoms with E-state index in [4.69, 9.17) is 9.47 Å². The molecule has 4 atom stereocenters. The van der Waals surface area contributed by atoms with Crippen LogP contribution in [-0.4, -0.2) is 57.2 Å². The topological polar surface area (TPSA) is 107 Å². The fourth-order valence-electron chi connectivity index (χ4n) is 4.18. The second-order valence-corrected chi connectivity index (χ2v) is 11.8. The lowest BCUT2D eigenvalue weighted by Gasteiger charge is -2.29. The van der Waals surface area contributed by atoms with Crippen LogP contribution in [0.3, 0.4) is 0 Å². The van der Waals surface area contributed by atoms with Crippen molar-refractivity contribution in [2.24, 2.45) is 11.8 Å². The molecule has 188 valence electrons. The van der Waals surface area contributed by atoms with Gasteiger partial charge in [0.25, 0.3) is 0 Å². The Morgan fingerprint density at radius 1 is 0.833 bits per heavy atom. The molecule has 2 aromatic rings. The van der Waals surface area contributed by atoms with E-state index < -0.39 is 42.7 Å². The largest absolute Gasteiger partial charge is 0.456 e. The molecule has 1 heterocycles. The first-order chi connectivity index (χ1) is 17.1. The van der Waals surface area contributed by atoms with Gasteiger partial charge in [-0.2, -0.15) is 0 Å². The second kappa shape index (κ2) is 11.4. The molecule has 2 fully saturated rings. The Labute approximate surface area is 232 Å². The number of benzene rings is 2. The molecule has 1 saturated heterocycles. The lowest BCUT2D eigenvalue weighted by atomic mass is 9.81. The Bertz CT molecular complexity index is 1170. The van der Waals surface area contributed by atoms with Gasteiger partial charge in [-0.15, -0.1) is 0 Å². The summed E-state index contributed by atoms with van der Waals surface area (Å²) in [5.41, 5.74) is 0.621. The molecule has 4 unspecified atom stereocenters. The Morgan fingerprint density at radius 2 is 1.36 bits per heavy atom. The van der Waals surface area contributed by atoms with Gasteiger partial charge in [-0.25, -0.2) is 4.79 Å². The monoisotopic (exact) mass is 683 g/mol. The van der Waals surface area contributed by atoms with Crippen LogP contribution in [0.2, 0.25) is 0 Å². The zero-order chi connectivity index (χ0) is 26.0. The first-order valence-electron chi connectivity index (χ1n) is 11.0. The standard InChI is InChI=1S/C25H20Br3NO7/c26-15-5-1-14(2-6-15)25(34)36-16-7-3-13(4-8-16)21(30)12-35-22(31)11-29-23(32)17-9-19(27)20(28)10-18(17)24(29)33/h1-8,17-20H,9-12H2. The highest BCUT2D eigenvalue weighted by Crippen LogP contribution is 2.43. The maximum atomic E-state index is 12.7. The fraction of sp³-hybridized carbons (Fsp3) is 0.320. The molecule has 0 radical (unpaired) electrons. The van der Waals surface area contributed by atoms with Crippen molar-refractivity contribution in [2.75, 3.05) is 13.2 Å². The number of Topliss-reactive ketones (excluding diaryl/α,β-unsaturated/α-hetero) is 1. The van der Waals surface area contributed by atoms with Crippen molar-refractivity contribution in [3.8, 4) is 5.75 Å². The lowest BCUT2D eigenvalue weighted by Crippen LogP contribution is -2.37. The van der Waals surface area contributed by atoms with Gasteiger partial charge in [0.1, 0.15) is 12.3 Å². The number of ether oxygens (including phenoxy) is 2. The Morgan fingerprint density at radius 3 is 1.92 bits per heavy atom. The molecule has 2 aliphatic rings. The molecule has 0 spiro atoms. The molecule has 2 amide bonds. The summed E-state index contributed by atoms with van der Waals surface area (Å²) >= 11 is 10.3. The molecule has 11 heteroatoms. The van der Waals surface area contributed by atoms with E-state index in [0.29, 0.717) is 18.4 Å². The van der Waals surface area contributed by atoms with Gasteiger partial charge in [0.05, 0.1) is 17.4 Å². The highest BCUT2D eigenvalue weighted by molar-refractivity contribution is 9.12. The van der Waals surface area contributed by atoms with Crippen LogP contribution in [0, 0.1) is 11.8 Å². The number of amides is 2. The highest BCUT2D eigenvalue weighted by atomic mass is 79.9. The highest BCUT2D eigenvalue weighted by Gasteiger charge is 2.52. The number of hydrogen-bond acceptors (Lipinski definition) is 7. The van der Waals surface area contributed by atoms with E-state index in [1.54, 1.807) is 24.3 Å². The van der Waals surface area contributed by atoms with Crippen LogP contribution < -0.4 is 4.74 Å². The van der Waals surface area contributed by atoms with Gasteiger partial charge in [-0.05, 0) is 61.4 Å². The van der Waals surface area contributed by atoms with E-state index in [-0.39, 0.29) is 32.8 Å². The van der Waals surface area contributed by atoms with Gasteiger partial charge in [0.2, 0.25) is 11.8 Å². The van der Waals surface area contributed by atoms with Gasteiger partial charge < -0.3 is 9.47 Å². The number of esters is 2. The number of hydrogen-bond donors (Lipinski definition) is 0. The number of rotatable bonds is 7. The Balaban J connectivity index is 1.27. The van der Waals surface area contributed by atoms with Crippen molar-refractivity contribution < 1.29 is 33.4 Å². The smallest absolute Gasteiger partial charge is 0.343 e. The third-order valence-electron chi connectivity index (χ3n) is 6.12. The molecule has 2 aromatic carbocycles. The van der Waals surface area contributed by atoms with Crippen LogP contribution in [0.4, 0.5) is 0 Å². The van der Waals surface area contributed by atoms with E-state index in [0.717, 1.165) is 9.37 Å². The molecule has 1 aliphatic heterocycles. The lowest BCUT2D eigenvalue weighted by molar-refractivity contribution is -0.152. The molecular weight excluding hydrogens is 666 g/mol. The first-order valence-corrected chi connectivity index (χ1v) is 13.7. The van der Waals surface area contributed by atoms with Crippen molar-refractivity contribution in [3.05, 3.63) is 64.1 Å². The minimum absolute atomic E-state index is 0.0655. The maximum Gasteiger partial charge on any atom is 0.343 e. The predicted molar refractivity (Wildman–Crippen MR) is 139 cm³/mol. The predicted octanol–water partition coefficient (Wildman–Crippen LogP) is 4.32. The van der Waals surface area contributed by atoms with Crippen LogP contribution >= 0.6 is 47.8 Å². The van der Waals surface area contributed by atoms with E-state index in [1.165, 1.54) is 24.3 Å². The number of nitrogens with zero attached hydrogens (tertiary/aromatic N) is 1. The van der Waals surface area contributed by atoms with Crippen LogP contribution in [0.25, 0.3) is 0 Å². The average Bonchev–Trinajstić information content (AvgIpc) is 3.07. The summed E-state index contributed by atoms with van der Waals surface area (Å²) in [7, 11) is 0. The molecule has 1 saturated carbocycles. The molecule has 0 aromatic heterocycles. The van der Waals surface area contributed by atoms with Crippen molar-refractivity contribution in [2.45, 2.75) is 22.5 Å². The quantitative estimate of drug-likeness (QED) is 0.141. The minimum Gasteiger partial charge on any atom is -0.456 e. The number of fused-ring (bicyclic) bond motifs is 1. The fourth-order valence-corrected chi connectivity index (χ4v) is 5.69. The molecule has 0 N–H and O–H groups in total. The number of carbonyl (C=O) groups excluding carboxylic acids is 5. The third-order valence-corrected chi connectivity index (χ3v) is 9.38. The molecule has 4 rings (SSSR count). The van der Waals surface area contributed by atoms with E-state index in [1.807, 2.05) is 0 Å². The molecule has 36 heavy (non-hydrogen) atoms. The number of carbonyl (C=O) groups is 5. The summed E-state index contributed by atoms with van der Waals surface area (Å²) in [6.45, 7) is -1.07. The number of halogens is 3. The van der Waals surface area contributed by atoms with E-state index >= 15 is 0 Å². The van der Waals surface area contributed by atoms with Crippen molar-refractivity contribution >= 4 is 77.3 Å². The number of ketones is 1. The third kappa shape index (κ3) is 5.95. The SMILES string of the molecule is O=C(CN1C(=O)C2CC(Br)C(Br)CC2C1=O)OCC(=O)c1ccc(OC(=O)c2ccc(Br)cc2)cc1. The van der Waals surface area contributed by atoms with E-state index in [9.17, 15) is 24.0 Å². The van der Waals surface area contributed by atoms with Crippen LogP contribution in [0.15, 0.2) is 53.0 Å². The maximum absolute atomic E-state index is 12.7. The summed E-state index contributed by atoms with van der Waals surface area (Å²) in [5, 5.41) is 0. The summed E-state index contributed by atoms with van der Waals surface area (Å²) in [4.78, 5) is 63.3. The molecular formula is C25H20Br3NO7. The van der Waals surface area contributed by atoms with Crippen LogP contribution in [0.5, 0.6) is 5.75 Å². The summed E-state index contributed by atoms with van der Waals surface area (Å²) in [5.74, 6) is -3.29. The molecule has 0 bridgehead atoms. The Hall–Kier alpha value is -2.37. The summed E-state index contributed by atoms with van der Waals surface area (Å²) < 4.78 is 11.2. The first kappa shape index (κ1) is 26.7. The van der Waals surface area contributed by atoms with Gasteiger partial charge in [0.15, 0.2) is 12.4 Å².